The predicted octanol–water partition coefficient (Wildman–Crippen LogP) is 29.7. The zero-order chi connectivity index (χ0) is 76.2. The summed E-state index contributed by atoms with van der Waals surface area (Å²) < 4.78 is 9.72. The summed E-state index contributed by atoms with van der Waals surface area (Å²) in [4.78, 5) is 0. The summed E-state index contributed by atoms with van der Waals surface area (Å²) >= 11 is 0. The van der Waals surface area contributed by atoms with E-state index in [9.17, 15) is 0 Å². The Labute approximate surface area is 667 Å². The minimum absolute atomic E-state index is 0.0882. The molecule has 4 aromatic heterocycles. The van der Waals surface area contributed by atoms with Crippen LogP contribution in [0.2, 0.25) is 0 Å². The van der Waals surface area contributed by atoms with Crippen molar-refractivity contribution in [3.63, 3.8) is 0 Å². The first-order chi connectivity index (χ1) is 56.8. The first-order valence-electron chi connectivity index (χ1n) is 39.8. The van der Waals surface area contributed by atoms with Gasteiger partial charge in [0, 0.05) is 71.3 Å². The van der Waals surface area contributed by atoms with Crippen LogP contribution in [0.5, 0.6) is 0 Å². The van der Waals surface area contributed by atoms with E-state index in [4.69, 9.17) is 0 Å². The summed E-state index contributed by atoms with van der Waals surface area (Å²) in [6, 6.07) is 156. The molecule has 0 atom stereocenters. The molecule has 18 aromatic carbocycles. The van der Waals surface area contributed by atoms with Crippen molar-refractivity contribution >= 4 is 87.2 Å². The smallest absolute Gasteiger partial charge is 0.0541 e. The van der Waals surface area contributed by atoms with Gasteiger partial charge < -0.3 is 18.3 Å². The maximum Gasteiger partial charge on any atom is 0.0541 e. The zero-order valence-corrected chi connectivity index (χ0v) is 63.7. The molecule has 0 unspecified atom stereocenters. The summed E-state index contributed by atoms with van der Waals surface area (Å²) in [5.74, 6) is 0. The van der Waals surface area contributed by atoms with E-state index in [0.29, 0.717) is 0 Å². The Morgan fingerprint density at radius 2 is 0.400 bits per heavy atom. The molecule has 540 valence electrons. The van der Waals surface area contributed by atoms with Gasteiger partial charge in [0.25, 0.3) is 0 Å². The fourth-order valence-corrected chi connectivity index (χ4v) is 18.7. The Morgan fingerprint density at radius 3 is 0.809 bits per heavy atom. The average molecular weight is 1470 g/mol. The van der Waals surface area contributed by atoms with E-state index < -0.39 is 0 Å². The van der Waals surface area contributed by atoms with Gasteiger partial charge in [0.15, 0.2) is 0 Å². The molecule has 4 nitrogen and oxygen atoms in total. The van der Waals surface area contributed by atoms with Crippen LogP contribution in [0.4, 0.5) is 0 Å². The lowest BCUT2D eigenvalue weighted by Crippen LogP contribution is -2.14. The summed E-state index contributed by atoms with van der Waals surface area (Å²) in [6.07, 6.45) is 0. The molecular formula is C111H76N4. The van der Waals surface area contributed by atoms with Crippen LogP contribution in [0.1, 0.15) is 25.0 Å². The Bertz CT molecular complexity index is 7490. The largest absolute Gasteiger partial charge is 0.309 e. The van der Waals surface area contributed by atoms with Crippen LogP contribution in [0.25, 0.3) is 199 Å². The fourth-order valence-electron chi connectivity index (χ4n) is 18.7. The van der Waals surface area contributed by atoms with Gasteiger partial charge in [-0.25, -0.2) is 0 Å². The molecule has 0 aliphatic heterocycles. The highest BCUT2D eigenvalue weighted by Gasteiger charge is 2.35. The van der Waals surface area contributed by atoms with Crippen LogP contribution in [-0.4, -0.2) is 18.3 Å². The van der Waals surface area contributed by atoms with Gasteiger partial charge in [0.05, 0.1) is 44.1 Å². The molecule has 0 saturated heterocycles. The Kier molecular flexibility index (Phi) is 15.9. The van der Waals surface area contributed by atoms with E-state index in [-0.39, 0.29) is 5.41 Å². The number of benzene rings is 18. The van der Waals surface area contributed by atoms with Gasteiger partial charge >= 0.3 is 0 Å². The van der Waals surface area contributed by atoms with Crippen molar-refractivity contribution in [2.75, 3.05) is 0 Å². The molecule has 1 aliphatic carbocycles. The van der Waals surface area contributed by atoms with Crippen LogP contribution in [0.15, 0.2) is 425 Å². The molecule has 0 fully saturated rings. The van der Waals surface area contributed by atoms with Crippen molar-refractivity contribution in [2.24, 2.45) is 0 Å². The minimum atomic E-state index is -0.0882. The van der Waals surface area contributed by atoms with Gasteiger partial charge in [-0.3, -0.25) is 0 Å². The zero-order valence-electron chi connectivity index (χ0n) is 63.7. The molecule has 0 amide bonds. The van der Waals surface area contributed by atoms with Crippen molar-refractivity contribution in [3.05, 3.63) is 436 Å². The average Bonchev–Trinajstić information content (AvgIpc) is 1.58. The maximum absolute atomic E-state index is 2.45. The lowest BCUT2D eigenvalue weighted by molar-refractivity contribution is 0.660. The molecule has 4 heterocycles. The van der Waals surface area contributed by atoms with Crippen molar-refractivity contribution < 1.29 is 0 Å². The van der Waals surface area contributed by atoms with E-state index in [0.717, 1.165) is 22.7 Å². The lowest BCUT2D eigenvalue weighted by Gasteiger charge is -2.22. The quantitative estimate of drug-likeness (QED) is 0.123. The number of rotatable bonds is 11. The maximum atomic E-state index is 2.45. The second-order valence-electron chi connectivity index (χ2n) is 31.2. The highest BCUT2D eigenvalue weighted by Crippen LogP contribution is 2.51. The monoisotopic (exact) mass is 1460 g/mol. The predicted molar refractivity (Wildman–Crippen MR) is 486 cm³/mol. The summed E-state index contributed by atoms with van der Waals surface area (Å²) in [5, 5.41) is 10.00. The highest BCUT2D eigenvalue weighted by molar-refractivity contribution is 6.14. The second-order valence-corrected chi connectivity index (χ2v) is 31.2. The number of nitrogens with zero attached hydrogens (tertiary/aromatic N) is 4. The van der Waals surface area contributed by atoms with Crippen molar-refractivity contribution in [1.29, 1.82) is 0 Å². The molecule has 23 rings (SSSR count). The Hall–Kier alpha value is -14.8. The molecule has 22 aromatic rings. The summed E-state index contributed by atoms with van der Waals surface area (Å²) in [7, 11) is 0. The van der Waals surface area contributed by atoms with Crippen LogP contribution in [0.3, 0.4) is 0 Å². The number of para-hydroxylation sites is 6. The van der Waals surface area contributed by atoms with Gasteiger partial charge in [-0.2, -0.15) is 0 Å². The SMILES string of the molecule is CC1(C)c2ccccc2-c2ccc(-c3cc(-c4ccc5c(c4)c4ccccc4n5-c4cccc(-c5ccccc5)c4)cc(-n4c5ccccc5c5ccccc54)c3)cc21.c1ccc(-c2ccc(-c3cc(-c4ccc5c(c4)c4ccccc4n5-c4cccc(-c5ccccc5)c4)cc(-n4c5ccccc5c5ccccc54)c3)cc2)cc1. The Balaban J connectivity index is 0.000000140. The molecule has 0 bridgehead atoms. The van der Waals surface area contributed by atoms with E-state index in [1.165, 1.54) is 187 Å². The molecule has 4 heteroatoms. The van der Waals surface area contributed by atoms with E-state index in [2.05, 4.69) is 457 Å². The minimum Gasteiger partial charge on any atom is -0.309 e. The number of aromatic nitrogens is 4. The van der Waals surface area contributed by atoms with Crippen molar-refractivity contribution in [1.82, 2.24) is 18.3 Å². The highest BCUT2D eigenvalue weighted by atomic mass is 15.0. The number of hydrogen-bond acceptors (Lipinski definition) is 0. The van der Waals surface area contributed by atoms with Crippen molar-refractivity contribution in [3.8, 4) is 112 Å². The molecule has 0 radical (unpaired) electrons. The molecular weight excluding hydrogens is 1390 g/mol. The summed E-state index contributed by atoms with van der Waals surface area (Å²) in [6.45, 7) is 4.73. The molecule has 1 aliphatic rings. The van der Waals surface area contributed by atoms with E-state index in [1.807, 2.05) is 0 Å². The third kappa shape index (κ3) is 11.4. The Morgan fingerprint density at radius 1 is 0.148 bits per heavy atom. The first kappa shape index (κ1) is 67.1. The summed E-state index contributed by atoms with van der Waals surface area (Å²) in [5.41, 5.74) is 36.4. The van der Waals surface area contributed by atoms with Gasteiger partial charge in [-0.1, -0.05) is 311 Å². The standard InChI is InChI=1S/C57H40N2.C54H36N2/c1-57(2)51-23-10-6-19-45(51)46-29-27-40(36-52(46)57)42-31-41(33-44(34-42)59-53-24-11-7-20-47(53)48-21-8-12-25-54(48)59)39-28-30-56-50(35-39)49-22-9-13-26-55(49)58(56)43-18-14-17-38(32-43)37-15-4-3-5-16-37;1-3-14-37(15-4-1)39-26-28-40(29-27-39)43-32-44(35-46(34-43)56-51-23-10-7-20-47(51)48-21-8-11-24-52(48)56)42-30-31-54-50(36-42)49-22-9-12-25-53(49)55(54)45-19-13-18-41(33-45)38-16-5-2-6-17-38/h3-36H,1-2H3;1-36H. The molecule has 0 spiro atoms. The normalized spacial score (nSPS) is 12.3. The van der Waals surface area contributed by atoms with Crippen LogP contribution in [-0.2, 0) is 5.41 Å². The number of fused-ring (bicyclic) bond motifs is 15. The fraction of sp³-hybridized carbons (Fsp3) is 0.0270. The van der Waals surface area contributed by atoms with Crippen LogP contribution < -0.4 is 0 Å². The lowest BCUT2D eigenvalue weighted by atomic mass is 9.81. The third-order valence-corrected chi connectivity index (χ3v) is 24.2. The first-order valence-corrected chi connectivity index (χ1v) is 39.8. The topological polar surface area (TPSA) is 19.7 Å². The van der Waals surface area contributed by atoms with Gasteiger partial charge in [0.2, 0.25) is 0 Å². The van der Waals surface area contributed by atoms with E-state index in [1.54, 1.807) is 0 Å². The number of hydrogen-bond donors (Lipinski definition) is 0. The third-order valence-electron chi connectivity index (χ3n) is 24.2. The molecule has 0 N–H and O–H groups in total. The van der Waals surface area contributed by atoms with Crippen LogP contribution in [0, 0.1) is 0 Å². The van der Waals surface area contributed by atoms with Crippen molar-refractivity contribution in [2.45, 2.75) is 19.3 Å². The molecule has 115 heavy (non-hydrogen) atoms. The van der Waals surface area contributed by atoms with E-state index >= 15 is 0 Å². The van der Waals surface area contributed by atoms with Gasteiger partial charge in [0.1, 0.15) is 0 Å². The van der Waals surface area contributed by atoms with Crippen LogP contribution >= 0.6 is 0 Å². The van der Waals surface area contributed by atoms with Gasteiger partial charge in [-0.15, -0.1) is 0 Å². The second kappa shape index (κ2) is 27.3. The van der Waals surface area contributed by atoms with Gasteiger partial charge in [-0.05, 0) is 228 Å². The molecule has 0 saturated carbocycles.